The van der Waals surface area contributed by atoms with Crippen molar-refractivity contribution in [3.63, 3.8) is 0 Å². The van der Waals surface area contributed by atoms with Gasteiger partial charge in [-0.2, -0.15) is 12.6 Å². The van der Waals surface area contributed by atoms with Crippen molar-refractivity contribution in [3.05, 3.63) is 0 Å². The molecule has 0 aromatic rings. The van der Waals surface area contributed by atoms with Crippen LogP contribution >= 0.6 is 12.6 Å². The first-order valence-corrected chi connectivity index (χ1v) is 6.15. The van der Waals surface area contributed by atoms with Crippen molar-refractivity contribution in [1.29, 1.82) is 0 Å². The Morgan fingerprint density at radius 3 is 2.36 bits per heavy atom. The summed E-state index contributed by atoms with van der Waals surface area (Å²) in [5.41, 5.74) is 0. The normalized spacial score (nSPS) is 32.6. The van der Waals surface area contributed by atoms with Crippen molar-refractivity contribution in [2.45, 2.75) is 45.6 Å². The molecule has 0 radical (unpaired) electrons. The molecule has 0 bridgehead atoms. The monoisotopic (exact) mass is 215 g/mol. The third-order valence-electron chi connectivity index (χ3n) is 2.88. The van der Waals surface area contributed by atoms with Crippen molar-refractivity contribution in [2.24, 2.45) is 11.8 Å². The van der Waals surface area contributed by atoms with Crippen molar-refractivity contribution < 1.29 is 4.79 Å². The molecule has 14 heavy (non-hydrogen) atoms. The second kappa shape index (κ2) is 5.64. The molecule has 82 valence electrons. The molecule has 0 heterocycles. The Morgan fingerprint density at radius 1 is 1.29 bits per heavy atom. The predicted molar refractivity (Wildman–Crippen MR) is 62.6 cm³/mol. The smallest absolute Gasteiger partial charge is 0.221 e. The summed E-state index contributed by atoms with van der Waals surface area (Å²) in [5, 5.41) is 3.09. The number of carbonyl (C=O) groups is 1. The fourth-order valence-electron chi connectivity index (χ4n) is 2.47. The highest BCUT2D eigenvalue weighted by molar-refractivity contribution is 7.80. The van der Waals surface area contributed by atoms with Gasteiger partial charge in [0.1, 0.15) is 0 Å². The molecule has 2 nitrogen and oxygen atoms in total. The van der Waals surface area contributed by atoms with Gasteiger partial charge in [-0.05, 0) is 36.9 Å². The molecule has 2 unspecified atom stereocenters. The lowest BCUT2D eigenvalue weighted by Crippen LogP contribution is -2.40. The van der Waals surface area contributed by atoms with Crippen LogP contribution in [0.15, 0.2) is 0 Å². The third kappa shape index (κ3) is 3.91. The Balaban J connectivity index is 2.33. The van der Waals surface area contributed by atoms with E-state index in [0.717, 1.165) is 24.7 Å². The Labute approximate surface area is 92.2 Å². The summed E-state index contributed by atoms with van der Waals surface area (Å²) in [4.78, 5) is 11.4. The van der Waals surface area contributed by atoms with Gasteiger partial charge in [0, 0.05) is 12.5 Å². The molecule has 0 spiro atoms. The maximum Gasteiger partial charge on any atom is 0.221 e. The molecule has 0 aromatic heterocycles. The summed E-state index contributed by atoms with van der Waals surface area (Å²) in [6.45, 7) is 4.54. The molecular formula is C11H21NOS. The zero-order valence-corrected chi connectivity index (χ0v) is 10.0. The first-order chi connectivity index (χ1) is 6.61. The number of thiol groups is 1. The van der Waals surface area contributed by atoms with Crippen molar-refractivity contribution in [2.75, 3.05) is 5.75 Å². The van der Waals surface area contributed by atoms with Crippen molar-refractivity contribution in [3.8, 4) is 0 Å². The fourth-order valence-corrected chi connectivity index (χ4v) is 2.67. The maximum absolute atomic E-state index is 11.4. The molecule has 0 aromatic carbocycles. The van der Waals surface area contributed by atoms with Crippen LogP contribution in [0.5, 0.6) is 0 Å². The number of amides is 1. The molecule has 2 atom stereocenters. The minimum Gasteiger partial charge on any atom is -0.353 e. The van der Waals surface area contributed by atoms with E-state index < -0.39 is 0 Å². The number of hydrogen-bond donors (Lipinski definition) is 2. The summed E-state index contributed by atoms with van der Waals surface area (Å²) in [5.74, 6) is 2.30. The molecule has 1 amide bonds. The van der Waals surface area contributed by atoms with Crippen LogP contribution in [0.2, 0.25) is 0 Å². The van der Waals surface area contributed by atoms with Gasteiger partial charge in [-0.15, -0.1) is 0 Å². The van der Waals surface area contributed by atoms with Crippen LogP contribution < -0.4 is 5.32 Å². The van der Waals surface area contributed by atoms with Gasteiger partial charge < -0.3 is 5.32 Å². The maximum atomic E-state index is 11.4. The first-order valence-electron chi connectivity index (χ1n) is 5.52. The lowest BCUT2D eigenvalue weighted by atomic mass is 9.80. The average molecular weight is 215 g/mol. The summed E-state index contributed by atoms with van der Waals surface area (Å²) >= 11 is 4.05. The van der Waals surface area contributed by atoms with Crippen LogP contribution in [-0.2, 0) is 4.79 Å². The van der Waals surface area contributed by atoms with Crippen LogP contribution in [0.3, 0.4) is 0 Å². The Kier molecular flexibility index (Phi) is 4.79. The van der Waals surface area contributed by atoms with E-state index >= 15 is 0 Å². The second-order valence-electron chi connectivity index (χ2n) is 4.66. The molecule has 1 aliphatic carbocycles. The summed E-state index contributed by atoms with van der Waals surface area (Å²) in [6.07, 6.45) is 4.13. The molecule has 1 rings (SSSR count). The van der Waals surface area contributed by atoms with Gasteiger partial charge in [-0.1, -0.05) is 13.8 Å². The average Bonchev–Trinajstić information content (AvgIpc) is 2.01. The van der Waals surface area contributed by atoms with Gasteiger partial charge in [0.2, 0.25) is 5.91 Å². The minimum atomic E-state index is 0.159. The van der Waals surface area contributed by atoms with Crippen LogP contribution in [0.4, 0.5) is 0 Å². The Hall–Kier alpha value is -0.180. The van der Waals surface area contributed by atoms with E-state index in [2.05, 4.69) is 31.8 Å². The molecular weight excluding hydrogens is 194 g/mol. The van der Waals surface area contributed by atoms with Gasteiger partial charge in [0.05, 0.1) is 0 Å². The van der Waals surface area contributed by atoms with Gasteiger partial charge in [0.25, 0.3) is 0 Å². The number of carbonyl (C=O) groups excluding carboxylic acids is 1. The van der Waals surface area contributed by atoms with Crippen LogP contribution in [-0.4, -0.2) is 17.7 Å². The molecule has 1 N–H and O–H groups in total. The van der Waals surface area contributed by atoms with E-state index in [-0.39, 0.29) is 5.91 Å². The quantitative estimate of drug-likeness (QED) is 0.695. The van der Waals surface area contributed by atoms with Gasteiger partial charge >= 0.3 is 0 Å². The zero-order chi connectivity index (χ0) is 10.6. The molecule has 0 aliphatic heterocycles. The van der Waals surface area contributed by atoms with Crippen LogP contribution in [0.25, 0.3) is 0 Å². The largest absolute Gasteiger partial charge is 0.353 e. The lowest BCUT2D eigenvalue weighted by Gasteiger charge is -2.31. The van der Waals surface area contributed by atoms with Gasteiger partial charge in [0.15, 0.2) is 0 Å². The van der Waals surface area contributed by atoms with E-state index in [1.165, 1.54) is 6.42 Å². The predicted octanol–water partition coefficient (Wildman–Crippen LogP) is 2.25. The SMILES string of the molecule is CC1CC(C)CC(NC(=O)CCS)C1. The molecule has 1 aliphatic rings. The second-order valence-corrected chi connectivity index (χ2v) is 5.10. The highest BCUT2D eigenvalue weighted by Gasteiger charge is 2.24. The topological polar surface area (TPSA) is 29.1 Å². The zero-order valence-electron chi connectivity index (χ0n) is 9.12. The van der Waals surface area contributed by atoms with Crippen LogP contribution in [0.1, 0.15) is 39.5 Å². The standard InChI is InChI=1S/C11H21NOS/c1-8-5-9(2)7-10(6-8)12-11(13)3-4-14/h8-10,14H,3-7H2,1-2H3,(H,12,13). The Morgan fingerprint density at radius 2 is 1.86 bits per heavy atom. The lowest BCUT2D eigenvalue weighted by molar-refractivity contribution is -0.121. The highest BCUT2D eigenvalue weighted by atomic mass is 32.1. The Bertz CT molecular complexity index is 186. The van der Waals surface area contributed by atoms with E-state index in [4.69, 9.17) is 0 Å². The van der Waals surface area contributed by atoms with Gasteiger partial charge in [-0.25, -0.2) is 0 Å². The number of rotatable bonds is 3. The van der Waals surface area contributed by atoms with E-state index in [9.17, 15) is 4.79 Å². The van der Waals surface area contributed by atoms with Gasteiger partial charge in [-0.3, -0.25) is 4.79 Å². The number of nitrogens with one attached hydrogen (secondary N) is 1. The summed E-state index contributed by atoms with van der Waals surface area (Å²) < 4.78 is 0. The summed E-state index contributed by atoms with van der Waals surface area (Å²) in [7, 11) is 0. The first kappa shape index (κ1) is 11.9. The van der Waals surface area contributed by atoms with Crippen LogP contribution in [0, 0.1) is 11.8 Å². The van der Waals surface area contributed by atoms with E-state index in [0.29, 0.717) is 18.2 Å². The molecule has 1 fully saturated rings. The highest BCUT2D eigenvalue weighted by Crippen LogP contribution is 2.28. The molecule has 3 heteroatoms. The fraction of sp³-hybridized carbons (Fsp3) is 0.909. The number of hydrogen-bond acceptors (Lipinski definition) is 2. The molecule has 0 saturated heterocycles. The summed E-state index contributed by atoms with van der Waals surface area (Å²) in [6, 6.07) is 0.404. The molecule has 1 saturated carbocycles. The third-order valence-corrected chi connectivity index (χ3v) is 3.11. The van der Waals surface area contributed by atoms with E-state index in [1.54, 1.807) is 0 Å². The minimum absolute atomic E-state index is 0.159. The van der Waals surface area contributed by atoms with E-state index in [1.807, 2.05) is 0 Å². The van der Waals surface area contributed by atoms with Crippen molar-refractivity contribution in [1.82, 2.24) is 5.32 Å². The van der Waals surface area contributed by atoms with Crippen molar-refractivity contribution >= 4 is 18.5 Å².